The van der Waals surface area contributed by atoms with Crippen molar-refractivity contribution in [2.75, 3.05) is 0 Å². The van der Waals surface area contributed by atoms with Gasteiger partial charge in [-0.3, -0.25) is 19.6 Å². The number of rotatable bonds is 5. The second kappa shape index (κ2) is 5.32. The lowest BCUT2D eigenvalue weighted by Gasteiger charge is -2.56. The van der Waals surface area contributed by atoms with Gasteiger partial charge in [-0.2, -0.15) is 5.10 Å². The number of nitrogens with zero attached hydrogens (tertiary/aromatic N) is 3. The highest BCUT2D eigenvalue weighted by atomic mass is 16.6. The van der Waals surface area contributed by atoms with Gasteiger partial charge in [-0.15, -0.1) is 0 Å². The summed E-state index contributed by atoms with van der Waals surface area (Å²) < 4.78 is 1.47. The van der Waals surface area contributed by atoms with Crippen molar-refractivity contribution >= 4 is 11.6 Å². The van der Waals surface area contributed by atoms with Crippen molar-refractivity contribution in [2.24, 2.45) is 17.8 Å². The van der Waals surface area contributed by atoms with E-state index in [1.807, 2.05) is 0 Å². The zero-order valence-corrected chi connectivity index (χ0v) is 13.1. The van der Waals surface area contributed by atoms with Crippen LogP contribution < -0.4 is 5.32 Å². The van der Waals surface area contributed by atoms with Crippen LogP contribution in [0, 0.1) is 27.9 Å². The number of amides is 1. The van der Waals surface area contributed by atoms with E-state index in [9.17, 15) is 14.9 Å². The highest BCUT2D eigenvalue weighted by Gasteiger charge is 2.51. The average Bonchev–Trinajstić information content (AvgIpc) is 2.92. The first-order valence-electron chi connectivity index (χ1n) is 8.49. The molecule has 1 aromatic heterocycles. The summed E-state index contributed by atoms with van der Waals surface area (Å²) in [5.74, 6) is 2.45. The Morgan fingerprint density at radius 2 is 1.91 bits per heavy atom. The number of carbonyl (C=O) groups excluding carboxylic acids is 1. The Kier molecular flexibility index (Phi) is 3.39. The molecule has 4 bridgehead atoms. The van der Waals surface area contributed by atoms with Crippen LogP contribution in [0.5, 0.6) is 0 Å². The van der Waals surface area contributed by atoms with E-state index in [-0.39, 0.29) is 17.1 Å². The molecule has 4 aliphatic rings. The van der Waals surface area contributed by atoms with Crippen LogP contribution in [0.3, 0.4) is 0 Å². The van der Waals surface area contributed by atoms with Gasteiger partial charge in [-0.1, -0.05) is 0 Å². The fourth-order valence-electron chi connectivity index (χ4n) is 5.41. The van der Waals surface area contributed by atoms with E-state index in [1.165, 1.54) is 36.3 Å². The maximum atomic E-state index is 12.4. The highest BCUT2D eigenvalue weighted by Crippen LogP contribution is 2.55. The van der Waals surface area contributed by atoms with Crippen molar-refractivity contribution in [3.63, 3.8) is 0 Å². The van der Waals surface area contributed by atoms with Crippen molar-refractivity contribution < 1.29 is 9.72 Å². The average molecular weight is 318 g/mol. The van der Waals surface area contributed by atoms with Gasteiger partial charge in [0.25, 0.3) is 0 Å². The number of hydrogen-bond donors (Lipinski definition) is 1. The lowest BCUT2D eigenvalue weighted by molar-refractivity contribution is -0.385. The van der Waals surface area contributed by atoms with Crippen LogP contribution >= 0.6 is 0 Å². The summed E-state index contributed by atoms with van der Waals surface area (Å²) in [7, 11) is 0. The summed E-state index contributed by atoms with van der Waals surface area (Å²) in [4.78, 5) is 22.5. The first-order valence-corrected chi connectivity index (χ1v) is 8.49. The van der Waals surface area contributed by atoms with E-state index < -0.39 is 4.92 Å². The second-order valence-corrected chi connectivity index (χ2v) is 7.71. The Bertz CT molecular complexity index is 604. The number of nitrogens with one attached hydrogen (secondary N) is 1. The van der Waals surface area contributed by atoms with Crippen molar-refractivity contribution in [2.45, 2.75) is 57.0 Å². The third-order valence-corrected chi connectivity index (χ3v) is 5.84. The minimum atomic E-state index is -0.473. The Hall–Kier alpha value is -1.92. The molecule has 4 aliphatic carbocycles. The van der Waals surface area contributed by atoms with Gasteiger partial charge in [-0.25, -0.2) is 0 Å². The SMILES string of the molecule is O=C(CCn1cc([N+](=O)[O-])cn1)NC12CC3CC(CC(C3)C1)C2. The molecule has 7 heteroatoms. The molecule has 0 atom stereocenters. The topological polar surface area (TPSA) is 90.1 Å². The molecule has 7 nitrogen and oxygen atoms in total. The summed E-state index contributed by atoms with van der Waals surface area (Å²) in [6, 6.07) is 0. The van der Waals surface area contributed by atoms with Gasteiger partial charge in [0.05, 0.1) is 4.92 Å². The maximum absolute atomic E-state index is 12.4. The van der Waals surface area contributed by atoms with Crippen molar-refractivity contribution in [3.05, 3.63) is 22.5 Å². The predicted octanol–water partition coefficient (Wildman–Crippen LogP) is 2.27. The number of aryl methyl sites for hydroxylation is 1. The van der Waals surface area contributed by atoms with E-state index >= 15 is 0 Å². The Morgan fingerprint density at radius 1 is 1.30 bits per heavy atom. The number of nitro groups is 1. The largest absolute Gasteiger partial charge is 0.351 e. The molecule has 0 unspecified atom stereocenters. The zero-order chi connectivity index (χ0) is 16.0. The smallest absolute Gasteiger partial charge is 0.306 e. The quantitative estimate of drug-likeness (QED) is 0.666. The summed E-state index contributed by atoms with van der Waals surface area (Å²) in [5, 5.41) is 17.9. The Balaban J connectivity index is 1.34. The maximum Gasteiger partial charge on any atom is 0.306 e. The van der Waals surface area contributed by atoms with Crippen molar-refractivity contribution in [3.8, 4) is 0 Å². The summed E-state index contributed by atoms with van der Waals surface area (Å²) >= 11 is 0. The fourth-order valence-corrected chi connectivity index (χ4v) is 5.41. The summed E-state index contributed by atoms with van der Waals surface area (Å²) in [6.07, 6.45) is 10.4. The molecule has 0 spiro atoms. The van der Waals surface area contributed by atoms with E-state index in [0.717, 1.165) is 37.0 Å². The third-order valence-electron chi connectivity index (χ3n) is 5.84. The van der Waals surface area contributed by atoms with Gasteiger partial charge in [0.2, 0.25) is 5.91 Å². The zero-order valence-electron chi connectivity index (χ0n) is 13.1. The molecule has 5 rings (SSSR count). The molecule has 1 heterocycles. The van der Waals surface area contributed by atoms with Gasteiger partial charge in [0.1, 0.15) is 12.4 Å². The van der Waals surface area contributed by atoms with Crippen molar-refractivity contribution in [1.29, 1.82) is 0 Å². The first kappa shape index (κ1) is 14.7. The monoisotopic (exact) mass is 318 g/mol. The van der Waals surface area contributed by atoms with E-state index in [2.05, 4.69) is 10.4 Å². The van der Waals surface area contributed by atoms with Gasteiger partial charge in [-0.05, 0) is 56.3 Å². The molecule has 0 saturated heterocycles. The molecule has 4 saturated carbocycles. The molecule has 4 fully saturated rings. The minimum absolute atomic E-state index is 0.0297. The highest BCUT2D eigenvalue weighted by molar-refractivity contribution is 5.76. The summed E-state index contributed by atoms with van der Waals surface area (Å²) in [5.41, 5.74) is -0.00595. The van der Waals surface area contributed by atoms with E-state index in [1.54, 1.807) is 0 Å². The molecule has 0 aliphatic heterocycles. The normalized spacial score (nSPS) is 34.5. The second-order valence-electron chi connectivity index (χ2n) is 7.71. The standard InChI is InChI=1S/C16H22N4O3/c21-15(1-2-19-10-14(9-17-19)20(22)23)18-16-6-11-3-12(7-16)5-13(4-11)8-16/h9-13H,1-8H2,(H,18,21). The van der Waals surface area contributed by atoms with Crippen molar-refractivity contribution in [1.82, 2.24) is 15.1 Å². The fraction of sp³-hybridized carbons (Fsp3) is 0.750. The Morgan fingerprint density at radius 3 is 2.43 bits per heavy atom. The number of aromatic nitrogens is 2. The molecule has 1 aromatic rings. The third kappa shape index (κ3) is 2.84. The molecule has 124 valence electrons. The molecular formula is C16H22N4O3. The lowest BCUT2D eigenvalue weighted by atomic mass is 9.53. The van der Waals surface area contributed by atoms with Crippen LogP contribution in [0.1, 0.15) is 44.9 Å². The van der Waals surface area contributed by atoms with E-state index in [0.29, 0.717) is 13.0 Å². The van der Waals surface area contributed by atoms with Gasteiger partial charge < -0.3 is 5.32 Å². The Labute approximate surface area is 134 Å². The van der Waals surface area contributed by atoms with Crippen LogP contribution in [0.2, 0.25) is 0 Å². The summed E-state index contributed by atoms with van der Waals surface area (Å²) in [6.45, 7) is 0.381. The molecule has 1 amide bonds. The molecular weight excluding hydrogens is 296 g/mol. The van der Waals surface area contributed by atoms with E-state index in [4.69, 9.17) is 0 Å². The van der Waals surface area contributed by atoms with Gasteiger partial charge in [0, 0.05) is 18.5 Å². The van der Waals surface area contributed by atoms with Gasteiger partial charge >= 0.3 is 5.69 Å². The van der Waals surface area contributed by atoms with Crippen LogP contribution in [0.25, 0.3) is 0 Å². The number of carbonyl (C=O) groups is 1. The van der Waals surface area contributed by atoms with Crippen LogP contribution in [-0.4, -0.2) is 26.1 Å². The van der Waals surface area contributed by atoms with Crippen LogP contribution in [0.15, 0.2) is 12.4 Å². The number of hydrogen-bond acceptors (Lipinski definition) is 4. The van der Waals surface area contributed by atoms with Crippen LogP contribution in [0.4, 0.5) is 5.69 Å². The van der Waals surface area contributed by atoms with Gasteiger partial charge in [0.15, 0.2) is 0 Å². The predicted molar refractivity (Wildman–Crippen MR) is 82.5 cm³/mol. The molecule has 23 heavy (non-hydrogen) atoms. The molecule has 0 radical (unpaired) electrons. The molecule has 0 aromatic carbocycles. The minimum Gasteiger partial charge on any atom is -0.351 e. The van der Waals surface area contributed by atoms with Crippen LogP contribution in [-0.2, 0) is 11.3 Å². The first-order chi connectivity index (χ1) is 11.0. The molecule has 1 N–H and O–H groups in total. The lowest BCUT2D eigenvalue weighted by Crippen LogP contribution is -2.59.